The van der Waals surface area contributed by atoms with Gasteiger partial charge in [-0.05, 0) is 12.8 Å². The Labute approximate surface area is 82.9 Å². The standard InChI is InChI=1S/C12H24O/c1-3-5-6-7-8-9-10-12(4-2)11-13-12/h3-11H2,1-2H3. The van der Waals surface area contributed by atoms with Crippen LogP contribution in [-0.2, 0) is 4.74 Å². The first kappa shape index (κ1) is 11.0. The van der Waals surface area contributed by atoms with E-state index in [0.717, 1.165) is 6.61 Å². The quantitative estimate of drug-likeness (QED) is 0.411. The summed E-state index contributed by atoms with van der Waals surface area (Å²) in [5.74, 6) is 0. The second kappa shape index (κ2) is 5.64. The summed E-state index contributed by atoms with van der Waals surface area (Å²) in [6, 6.07) is 0. The minimum atomic E-state index is 0.338. The van der Waals surface area contributed by atoms with Crippen molar-refractivity contribution in [1.29, 1.82) is 0 Å². The molecule has 1 nitrogen and oxygen atoms in total. The molecule has 1 rings (SSSR count). The van der Waals surface area contributed by atoms with E-state index in [1.807, 2.05) is 0 Å². The lowest BCUT2D eigenvalue weighted by Gasteiger charge is -2.07. The van der Waals surface area contributed by atoms with E-state index >= 15 is 0 Å². The Hall–Kier alpha value is -0.0400. The molecule has 0 bridgehead atoms. The highest BCUT2D eigenvalue weighted by atomic mass is 16.6. The van der Waals surface area contributed by atoms with Crippen molar-refractivity contribution in [1.82, 2.24) is 0 Å². The molecule has 0 saturated carbocycles. The maximum Gasteiger partial charge on any atom is 0.0914 e. The molecule has 1 fully saturated rings. The van der Waals surface area contributed by atoms with Gasteiger partial charge in [-0.3, -0.25) is 0 Å². The second-order valence-corrected chi connectivity index (χ2v) is 4.34. The highest BCUT2D eigenvalue weighted by molar-refractivity contribution is 4.90. The van der Waals surface area contributed by atoms with Crippen LogP contribution in [-0.4, -0.2) is 12.2 Å². The fraction of sp³-hybridized carbons (Fsp3) is 1.00. The fourth-order valence-electron chi connectivity index (χ4n) is 1.85. The van der Waals surface area contributed by atoms with E-state index in [0.29, 0.717) is 5.60 Å². The van der Waals surface area contributed by atoms with E-state index in [2.05, 4.69) is 13.8 Å². The maximum atomic E-state index is 5.47. The molecule has 0 aromatic carbocycles. The molecule has 0 radical (unpaired) electrons. The number of hydrogen-bond donors (Lipinski definition) is 0. The molecule has 0 N–H and O–H groups in total. The Morgan fingerprint density at radius 1 is 1.00 bits per heavy atom. The van der Waals surface area contributed by atoms with E-state index < -0.39 is 0 Å². The molecule has 1 aliphatic heterocycles. The second-order valence-electron chi connectivity index (χ2n) is 4.34. The smallest absolute Gasteiger partial charge is 0.0914 e. The van der Waals surface area contributed by atoms with Crippen LogP contribution in [0.15, 0.2) is 0 Å². The van der Waals surface area contributed by atoms with E-state index in [4.69, 9.17) is 4.74 Å². The van der Waals surface area contributed by atoms with E-state index in [-0.39, 0.29) is 0 Å². The number of epoxide rings is 1. The first-order valence-electron chi connectivity index (χ1n) is 5.97. The van der Waals surface area contributed by atoms with Crippen molar-refractivity contribution in [2.24, 2.45) is 0 Å². The van der Waals surface area contributed by atoms with Gasteiger partial charge in [0.25, 0.3) is 0 Å². The van der Waals surface area contributed by atoms with Crippen LogP contribution in [0.3, 0.4) is 0 Å². The molecule has 78 valence electrons. The molecule has 1 aliphatic rings. The third-order valence-corrected chi connectivity index (χ3v) is 3.18. The lowest BCUT2D eigenvalue weighted by Crippen LogP contribution is -2.08. The minimum absolute atomic E-state index is 0.338. The predicted octanol–water partition coefficient (Wildman–Crippen LogP) is 3.92. The van der Waals surface area contributed by atoms with Crippen LogP contribution >= 0.6 is 0 Å². The summed E-state index contributed by atoms with van der Waals surface area (Å²) in [5, 5.41) is 0. The average molecular weight is 184 g/mol. The van der Waals surface area contributed by atoms with Crippen LogP contribution in [0.4, 0.5) is 0 Å². The van der Waals surface area contributed by atoms with Gasteiger partial charge in [0.1, 0.15) is 0 Å². The molecule has 1 atom stereocenters. The summed E-state index contributed by atoms with van der Waals surface area (Å²) in [6.45, 7) is 5.53. The SMILES string of the molecule is CCCCCCCCC1(CC)CO1. The molecule has 0 aliphatic carbocycles. The van der Waals surface area contributed by atoms with Crippen molar-refractivity contribution in [3.8, 4) is 0 Å². The molecular weight excluding hydrogens is 160 g/mol. The normalized spacial score (nSPS) is 26.3. The number of hydrogen-bond acceptors (Lipinski definition) is 1. The average Bonchev–Trinajstić information content (AvgIpc) is 2.92. The summed E-state index contributed by atoms with van der Waals surface area (Å²) >= 11 is 0. The van der Waals surface area contributed by atoms with Crippen molar-refractivity contribution in [3.63, 3.8) is 0 Å². The highest BCUT2D eigenvalue weighted by Gasteiger charge is 2.41. The van der Waals surface area contributed by atoms with Gasteiger partial charge in [0, 0.05) is 0 Å². The zero-order chi connectivity index (χ0) is 9.57. The maximum absolute atomic E-state index is 5.47. The van der Waals surface area contributed by atoms with Gasteiger partial charge in [-0.15, -0.1) is 0 Å². The molecule has 0 aromatic heterocycles. The van der Waals surface area contributed by atoms with Crippen molar-refractivity contribution < 1.29 is 4.74 Å². The van der Waals surface area contributed by atoms with Crippen LogP contribution in [0.5, 0.6) is 0 Å². The van der Waals surface area contributed by atoms with E-state index in [1.165, 1.54) is 51.4 Å². The van der Waals surface area contributed by atoms with Crippen molar-refractivity contribution >= 4 is 0 Å². The highest BCUT2D eigenvalue weighted by Crippen LogP contribution is 2.35. The van der Waals surface area contributed by atoms with E-state index in [1.54, 1.807) is 0 Å². The predicted molar refractivity (Wildman–Crippen MR) is 57.0 cm³/mol. The Balaban J connectivity index is 1.84. The largest absolute Gasteiger partial charge is 0.370 e. The molecule has 1 saturated heterocycles. The van der Waals surface area contributed by atoms with Crippen LogP contribution in [0, 0.1) is 0 Å². The van der Waals surface area contributed by atoms with Gasteiger partial charge in [-0.1, -0.05) is 52.4 Å². The van der Waals surface area contributed by atoms with Crippen LogP contribution in [0.1, 0.15) is 65.2 Å². The number of rotatable bonds is 8. The Kier molecular flexibility index (Phi) is 4.79. The van der Waals surface area contributed by atoms with Crippen LogP contribution in [0.2, 0.25) is 0 Å². The topological polar surface area (TPSA) is 12.5 Å². The molecule has 13 heavy (non-hydrogen) atoms. The van der Waals surface area contributed by atoms with Crippen molar-refractivity contribution in [2.75, 3.05) is 6.61 Å². The molecule has 1 heteroatoms. The molecular formula is C12H24O. The first-order valence-corrected chi connectivity index (χ1v) is 5.97. The third-order valence-electron chi connectivity index (χ3n) is 3.18. The van der Waals surface area contributed by atoms with Crippen LogP contribution < -0.4 is 0 Å². The van der Waals surface area contributed by atoms with Gasteiger partial charge >= 0.3 is 0 Å². The van der Waals surface area contributed by atoms with Crippen molar-refractivity contribution in [3.05, 3.63) is 0 Å². The van der Waals surface area contributed by atoms with Crippen LogP contribution in [0.25, 0.3) is 0 Å². The fourth-order valence-corrected chi connectivity index (χ4v) is 1.85. The van der Waals surface area contributed by atoms with Gasteiger partial charge in [0.2, 0.25) is 0 Å². The lowest BCUT2D eigenvalue weighted by molar-refractivity contribution is 0.274. The molecule has 0 aromatic rings. The van der Waals surface area contributed by atoms with Gasteiger partial charge < -0.3 is 4.74 Å². The first-order chi connectivity index (χ1) is 6.33. The van der Waals surface area contributed by atoms with Gasteiger partial charge in [0.15, 0.2) is 0 Å². The Bertz CT molecular complexity index is 127. The van der Waals surface area contributed by atoms with Gasteiger partial charge in [-0.2, -0.15) is 0 Å². The molecule has 1 unspecified atom stereocenters. The summed E-state index contributed by atoms with van der Waals surface area (Å²) in [6.07, 6.45) is 10.9. The third kappa shape index (κ3) is 4.12. The number of unbranched alkanes of at least 4 members (excludes halogenated alkanes) is 5. The Morgan fingerprint density at radius 2 is 1.62 bits per heavy atom. The van der Waals surface area contributed by atoms with Crippen molar-refractivity contribution in [2.45, 2.75) is 70.8 Å². The monoisotopic (exact) mass is 184 g/mol. The Morgan fingerprint density at radius 3 is 2.15 bits per heavy atom. The summed E-state index contributed by atoms with van der Waals surface area (Å²) in [4.78, 5) is 0. The lowest BCUT2D eigenvalue weighted by atomic mass is 9.99. The zero-order valence-corrected chi connectivity index (χ0v) is 9.27. The molecule has 0 amide bonds. The molecule has 0 spiro atoms. The number of ether oxygens (including phenoxy) is 1. The molecule has 1 heterocycles. The van der Waals surface area contributed by atoms with Gasteiger partial charge in [0.05, 0.1) is 12.2 Å². The van der Waals surface area contributed by atoms with E-state index in [9.17, 15) is 0 Å². The summed E-state index contributed by atoms with van der Waals surface area (Å²) in [5.41, 5.74) is 0.338. The minimum Gasteiger partial charge on any atom is -0.370 e. The van der Waals surface area contributed by atoms with Gasteiger partial charge in [-0.25, -0.2) is 0 Å². The summed E-state index contributed by atoms with van der Waals surface area (Å²) in [7, 11) is 0. The summed E-state index contributed by atoms with van der Waals surface area (Å²) < 4.78 is 5.47. The zero-order valence-electron chi connectivity index (χ0n) is 9.27.